The van der Waals surface area contributed by atoms with Crippen LogP contribution < -0.4 is 0 Å². The molecule has 0 radical (unpaired) electrons. The highest BCUT2D eigenvalue weighted by Crippen LogP contribution is 2.24. The molecule has 18 heavy (non-hydrogen) atoms. The average molecular weight is 297 g/mol. The van der Waals surface area contributed by atoms with Crippen molar-refractivity contribution in [2.75, 3.05) is 19.5 Å². The number of nitrogens with zero attached hydrogens (tertiary/aromatic N) is 2. The van der Waals surface area contributed by atoms with E-state index >= 15 is 0 Å². The van der Waals surface area contributed by atoms with Crippen LogP contribution >= 0.6 is 11.6 Å². The maximum atomic E-state index is 12.6. The van der Waals surface area contributed by atoms with Crippen LogP contribution in [0.2, 0.25) is 0 Å². The van der Waals surface area contributed by atoms with Gasteiger partial charge in [0.2, 0.25) is 0 Å². The van der Waals surface area contributed by atoms with Crippen molar-refractivity contribution in [1.29, 1.82) is 0 Å². The van der Waals surface area contributed by atoms with E-state index in [9.17, 15) is 8.42 Å². The summed E-state index contributed by atoms with van der Waals surface area (Å²) in [7, 11) is -1.69. The molecule has 0 N–H and O–H groups in total. The van der Waals surface area contributed by atoms with Gasteiger partial charge in [0.15, 0.2) is 0 Å². The predicted molar refractivity (Wildman–Crippen MR) is 76.1 cm³/mol. The summed E-state index contributed by atoms with van der Waals surface area (Å²) in [5, 5.41) is 0. The van der Waals surface area contributed by atoms with Gasteiger partial charge in [-0.3, -0.25) is 0 Å². The topological polar surface area (TPSA) is 40.6 Å². The molecule has 0 aromatic heterocycles. The molecular weight excluding hydrogens is 272 g/mol. The Morgan fingerprint density at radius 1 is 1.44 bits per heavy atom. The maximum absolute atomic E-state index is 12.6. The number of halogens is 1. The molecule has 1 rings (SSSR count). The monoisotopic (exact) mass is 296 g/mol. The summed E-state index contributed by atoms with van der Waals surface area (Å²) in [5.41, 5.74) is 0. The van der Waals surface area contributed by atoms with Gasteiger partial charge in [-0.1, -0.05) is 19.8 Å². The lowest BCUT2D eigenvalue weighted by Crippen LogP contribution is -2.52. The first-order valence-corrected chi connectivity index (χ1v) is 8.69. The van der Waals surface area contributed by atoms with E-state index in [0.29, 0.717) is 12.4 Å². The van der Waals surface area contributed by atoms with E-state index in [2.05, 4.69) is 6.92 Å². The highest BCUT2D eigenvalue weighted by Gasteiger charge is 2.35. The molecule has 1 aliphatic heterocycles. The van der Waals surface area contributed by atoms with Gasteiger partial charge in [0.25, 0.3) is 10.2 Å². The second kappa shape index (κ2) is 7.08. The summed E-state index contributed by atoms with van der Waals surface area (Å²) in [4.78, 5) is 0. The van der Waals surface area contributed by atoms with E-state index in [4.69, 9.17) is 11.6 Å². The lowest BCUT2D eigenvalue weighted by atomic mass is 10.1. The van der Waals surface area contributed by atoms with E-state index in [-0.39, 0.29) is 12.1 Å². The number of hydrogen-bond donors (Lipinski definition) is 0. The van der Waals surface area contributed by atoms with Crippen molar-refractivity contribution in [2.45, 2.75) is 58.0 Å². The Labute approximate surface area is 116 Å². The smallest absolute Gasteiger partial charge is 0.195 e. The lowest BCUT2D eigenvalue weighted by Gasteiger charge is -2.37. The molecule has 0 aromatic rings. The minimum atomic E-state index is -3.36. The van der Waals surface area contributed by atoms with Crippen molar-refractivity contribution < 1.29 is 8.42 Å². The van der Waals surface area contributed by atoms with Crippen LogP contribution in [-0.2, 0) is 10.2 Å². The maximum Gasteiger partial charge on any atom is 0.282 e. The van der Waals surface area contributed by atoms with Gasteiger partial charge in [-0.05, 0) is 26.2 Å². The fourth-order valence-corrected chi connectivity index (χ4v) is 4.63. The second-order valence-electron chi connectivity index (χ2n) is 5.08. The van der Waals surface area contributed by atoms with Crippen molar-refractivity contribution in [3.05, 3.63) is 0 Å². The molecule has 1 saturated heterocycles. The summed E-state index contributed by atoms with van der Waals surface area (Å²) < 4.78 is 28.2. The van der Waals surface area contributed by atoms with Gasteiger partial charge in [0.05, 0.1) is 0 Å². The number of alkyl halides is 1. The van der Waals surface area contributed by atoms with E-state index in [1.165, 1.54) is 4.31 Å². The van der Waals surface area contributed by atoms with Crippen molar-refractivity contribution in [2.24, 2.45) is 0 Å². The van der Waals surface area contributed by atoms with Crippen LogP contribution in [0.3, 0.4) is 0 Å². The Kier molecular flexibility index (Phi) is 6.38. The highest BCUT2D eigenvalue weighted by molar-refractivity contribution is 7.86. The van der Waals surface area contributed by atoms with Crippen LogP contribution in [0.4, 0.5) is 0 Å². The third kappa shape index (κ3) is 3.59. The molecule has 108 valence electrons. The standard InChI is InChI=1S/C12H25ClN2O2S/c1-4-7-11(2)14(3)18(16,17)15-9-6-5-8-12(15)10-13/h11-12H,4-10H2,1-3H3. The molecule has 0 aromatic carbocycles. The SMILES string of the molecule is CCCC(C)N(C)S(=O)(=O)N1CCCCC1CCl. The van der Waals surface area contributed by atoms with Gasteiger partial charge in [-0.2, -0.15) is 17.0 Å². The first-order chi connectivity index (χ1) is 8.45. The number of hydrogen-bond acceptors (Lipinski definition) is 2. The largest absolute Gasteiger partial charge is 0.282 e. The quantitative estimate of drug-likeness (QED) is 0.707. The molecule has 1 aliphatic rings. The first kappa shape index (κ1) is 16.2. The zero-order valence-electron chi connectivity index (χ0n) is 11.6. The van der Waals surface area contributed by atoms with Gasteiger partial charge in [0.1, 0.15) is 0 Å². The molecule has 0 spiro atoms. The summed E-state index contributed by atoms with van der Waals surface area (Å²) in [5.74, 6) is 0.384. The highest BCUT2D eigenvalue weighted by atomic mass is 35.5. The molecule has 6 heteroatoms. The Balaban J connectivity index is 2.83. The van der Waals surface area contributed by atoms with Crippen molar-refractivity contribution in [3.8, 4) is 0 Å². The van der Waals surface area contributed by atoms with Crippen LogP contribution in [0, 0.1) is 0 Å². The van der Waals surface area contributed by atoms with E-state index in [0.717, 1.165) is 32.1 Å². The molecule has 1 heterocycles. The third-order valence-electron chi connectivity index (χ3n) is 3.74. The van der Waals surface area contributed by atoms with Gasteiger partial charge < -0.3 is 0 Å². The molecule has 2 atom stereocenters. The van der Waals surface area contributed by atoms with Crippen LogP contribution in [-0.4, -0.2) is 48.6 Å². The Bertz CT molecular complexity index is 348. The molecule has 2 unspecified atom stereocenters. The normalized spacial score (nSPS) is 24.4. The fourth-order valence-electron chi connectivity index (χ4n) is 2.42. The molecule has 0 amide bonds. The molecule has 0 saturated carbocycles. The zero-order chi connectivity index (χ0) is 13.8. The number of rotatable bonds is 6. The Morgan fingerprint density at radius 2 is 2.11 bits per heavy atom. The van der Waals surface area contributed by atoms with Crippen LogP contribution in [0.15, 0.2) is 0 Å². The van der Waals surface area contributed by atoms with Gasteiger partial charge >= 0.3 is 0 Å². The summed E-state index contributed by atoms with van der Waals surface area (Å²) >= 11 is 5.90. The number of piperidine rings is 1. The average Bonchev–Trinajstić information content (AvgIpc) is 2.38. The summed E-state index contributed by atoms with van der Waals surface area (Å²) in [6, 6.07) is -0.000375. The van der Waals surface area contributed by atoms with Gasteiger partial charge in [0, 0.05) is 31.6 Å². The molecule has 1 fully saturated rings. The van der Waals surface area contributed by atoms with E-state index < -0.39 is 10.2 Å². The predicted octanol–water partition coefficient (Wildman–Crippen LogP) is 2.44. The summed E-state index contributed by atoms with van der Waals surface area (Å²) in [6.45, 7) is 4.63. The van der Waals surface area contributed by atoms with E-state index in [1.54, 1.807) is 11.4 Å². The van der Waals surface area contributed by atoms with Gasteiger partial charge in [-0.15, -0.1) is 11.6 Å². The van der Waals surface area contributed by atoms with Crippen molar-refractivity contribution in [3.63, 3.8) is 0 Å². The first-order valence-electron chi connectivity index (χ1n) is 6.75. The van der Waals surface area contributed by atoms with Crippen LogP contribution in [0.25, 0.3) is 0 Å². The zero-order valence-corrected chi connectivity index (χ0v) is 13.2. The molecule has 0 aliphatic carbocycles. The second-order valence-corrected chi connectivity index (χ2v) is 7.33. The summed E-state index contributed by atoms with van der Waals surface area (Å²) in [6.07, 6.45) is 4.74. The third-order valence-corrected chi connectivity index (χ3v) is 6.26. The lowest BCUT2D eigenvalue weighted by molar-refractivity contribution is 0.241. The van der Waals surface area contributed by atoms with Crippen molar-refractivity contribution in [1.82, 2.24) is 8.61 Å². The van der Waals surface area contributed by atoms with Gasteiger partial charge in [-0.25, -0.2) is 0 Å². The van der Waals surface area contributed by atoms with Crippen molar-refractivity contribution >= 4 is 21.8 Å². The van der Waals surface area contributed by atoms with Crippen LogP contribution in [0.5, 0.6) is 0 Å². The molecule has 4 nitrogen and oxygen atoms in total. The Hall–Kier alpha value is 0.160. The molecule has 0 bridgehead atoms. The Morgan fingerprint density at radius 3 is 2.67 bits per heavy atom. The molecular formula is C12H25ClN2O2S. The fraction of sp³-hybridized carbons (Fsp3) is 1.00. The van der Waals surface area contributed by atoms with Crippen LogP contribution in [0.1, 0.15) is 46.0 Å². The minimum Gasteiger partial charge on any atom is -0.195 e. The van der Waals surface area contributed by atoms with E-state index in [1.807, 2.05) is 6.92 Å². The minimum absolute atomic E-state index is 0.0397.